The molecular formula is C31H40N2O9. The Morgan fingerprint density at radius 1 is 0.976 bits per heavy atom. The van der Waals surface area contributed by atoms with E-state index in [9.17, 15) is 19.5 Å². The standard InChI is InChI=1S/C31H40N2O9/c1-20(34)32-24(28(35)36)16-15-23(17-25-26-27(29(38-4)40-25)42-31(2,3)41-26)33(18-21-11-7-5-8-12-21)30(37)39-19-22-13-9-6-10-14-22/h5-14,23-27,29H,15-19H2,1-4H3,(H,32,34)(H,35,36)/t23-,24-,25+,26+,27+,29+/m0/s1. The van der Waals surface area contributed by atoms with Crippen LogP contribution in [0.25, 0.3) is 0 Å². The molecule has 0 unspecified atom stereocenters. The first kappa shape index (κ1) is 31.4. The summed E-state index contributed by atoms with van der Waals surface area (Å²) < 4.78 is 29.7. The lowest BCUT2D eigenvalue weighted by atomic mass is 9.96. The number of carboxylic acid groups (broad SMARTS) is 1. The topological polar surface area (TPSA) is 133 Å². The lowest BCUT2D eigenvalue weighted by molar-refractivity contribution is -0.228. The zero-order valence-electron chi connectivity index (χ0n) is 24.4. The number of fused-ring (bicyclic) bond motifs is 1. The van der Waals surface area contributed by atoms with Gasteiger partial charge in [-0.1, -0.05) is 60.7 Å². The molecule has 228 valence electrons. The Hall–Kier alpha value is -3.51. The van der Waals surface area contributed by atoms with Gasteiger partial charge in [-0.15, -0.1) is 0 Å². The van der Waals surface area contributed by atoms with E-state index in [0.717, 1.165) is 11.1 Å². The van der Waals surface area contributed by atoms with E-state index in [0.29, 0.717) is 6.42 Å². The Kier molecular flexibility index (Phi) is 10.6. The van der Waals surface area contributed by atoms with E-state index >= 15 is 0 Å². The van der Waals surface area contributed by atoms with E-state index in [1.165, 1.54) is 14.0 Å². The molecule has 2 aromatic rings. The van der Waals surface area contributed by atoms with Crippen molar-refractivity contribution in [1.29, 1.82) is 0 Å². The van der Waals surface area contributed by atoms with E-state index in [2.05, 4.69) is 5.32 Å². The third-order valence-electron chi connectivity index (χ3n) is 7.38. The van der Waals surface area contributed by atoms with Gasteiger partial charge in [-0.25, -0.2) is 9.59 Å². The fourth-order valence-electron chi connectivity index (χ4n) is 5.48. The van der Waals surface area contributed by atoms with E-state index < -0.39 is 60.4 Å². The second-order valence-electron chi connectivity index (χ2n) is 11.1. The van der Waals surface area contributed by atoms with Crippen molar-refractivity contribution in [1.82, 2.24) is 10.2 Å². The van der Waals surface area contributed by atoms with Crippen molar-refractivity contribution in [2.75, 3.05) is 7.11 Å². The normalized spacial score (nSPS) is 23.9. The second-order valence-corrected chi connectivity index (χ2v) is 11.1. The Labute approximate surface area is 246 Å². The van der Waals surface area contributed by atoms with Crippen molar-refractivity contribution in [3.63, 3.8) is 0 Å². The molecule has 2 aliphatic rings. The number of carbonyl (C=O) groups excluding carboxylic acids is 2. The van der Waals surface area contributed by atoms with Gasteiger partial charge in [-0.2, -0.15) is 0 Å². The average Bonchev–Trinajstić information content (AvgIpc) is 3.45. The van der Waals surface area contributed by atoms with Crippen LogP contribution in [-0.2, 0) is 46.4 Å². The fourth-order valence-corrected chi connectivity index (χ4v) is 5.48. The summed E-state index contributed by atoms with van der Waals surface area (Å²) in [6.07, 6.45) is -2.05. The number of methoxy groups -OCH3 is 1. The molecule has 11 heteroatoms. The van der Waals surface area contributed by atoms with Crippen LogP contribution in [0.5, 0.6) is 0 Å². The molecule has 2 amide bonds. The van der Waals surface area contributed by atoms with Crippen LogP contribution in [0.1, 0.15) is 51.2 Å². The van der Waals surface area contributed by atoms with E-state index in [4.69, 9.17) is 23.7 Å². The molecule has 2 heterocycles. The Bertz CT molecular complexity index is 1190. The largest absolute Gasteiger partial charge is 0.480 e. The van der Waals surface area contributed by atoms with Gasteiger partial charge < -0.3 is 39.0 Å². The molecule has 4 rings (SSSR count). The van der Waals surface area contributed by atoms with Crippen molar-refractivity contribution in [3.05, 3.63) is 71.8 Å². The number of carboxylic acids is 1. The molecule has 0 saturated carbocycles. The van der Waals surface area contributed by atoms with Crippen molar-refractivity contribution in [2.45, 2.75) is 95.7 Å². The molecule has 2 aliphatic heterocycles. The first-order valence-corrected chi connectivity index (χ1v) is 14.1. The average molecular weight is 585 g/mol. The summed E-state index contributed by atoms with van der Waals surface area (Å²) in [5.74, 6) is -2.45. The predicted molar refractivity (Wildman–Crippen MR) is 151 cm³/mol. The number of benzene rings is 2. The number of hydrogen-bond donors (Lipinski definition) is 2. The molecule has 2 aromatic carbocycles. The van der Waals surface area contributed by atoms with Crippen molar-refractivity contribution < 1.29 is 43.2 Å². The predicted octanol–water partition coefficient (Wildman–Crippen LogP) is 3.85. The lowest BCUT2D eigenvalue weighted by Crippen LogP contribution is -2.46. The van der Waals surface area contributed by atoms with Crippen LogP contribution in [0.2, 0.25) is 0 Å². The van der Waals surface area contributed by atoms with Crippen LogP contribution in [0.4, 0.5) is 4.79 Å². The third-order valence-corrected chi connectivity index (χ3v) is 7.38. The van der Waals surface area contributed by atoms with Gasteiger partial charge in [0.05, 0.1) is 6.10 Å². The van der Waals surface area contributed by atoms with Crippen LogP contribution in [-0.4, -0.2) is 77.6 Å². The summed E-state index contributed by atoms with van der Waals surface area (Å²) >= 11 is 0. The lowest BCUT2D eigenvalue weighted by Gasteiger charge is -2.34. The maximum Gasteiger partial charge on any atom is 0.410 e. The smallest absolute Gasteiger partial charge is 0.410 e. The molecule has 6 atom stereocenters. The summed E-state index contributed by atoms with van der Waals surface area (Å²) in [5.41, 5.74) is 1.71. The van der Waals surface area contributed by atoms with Crippen LogP contribution >= 0.6 is 0 Å². The SMILES string of the molecule is CO[C@@H]1O[C@H](C[C@H](CC[C@H](NC(C)=O)C(=O)O)N(Cc2ccccc2)C(=O)OCc2ccccc2)[C@H]2OC(C)(C)O[C@@H]12. The Balaban J connectivity index is 1.62. The van der Waals surface area contributed by atoms with Gasteiger partial charge >= 0.3 is 12.1 Å². The highest BCUT2D eigenvalue weighted by atomic mass is 16.8. The summed E-state index contributed by atoms with van der Waals surface area (Å²) in [6, 6.07) is 17.2. The molecule has 2 fully saturated rings. The number of nitrogens with zero attached hydrogens (tertiary/aromatic N) is 1. The zero-order chi connectivity index (χ0) is 30.3. The van der Waals surface area contributed by atoms with Crippen molar-refractivity contribution >= 4 is 18.0 Å². The molecule has 42 heavy (non-hydrogen) atoms. The minimum Gasteiger partial charge on any atom is -0.480 e. The van der Waals surface area contributed by atoms with Gasteiger partial charge in [0.1, 0.15) is 24.9 Å². The van der Waals surface area contributed by atoms with Crippen molar-refractivity contribution in [3.8, 4) is 0 Å². The van der Waals surface area contributed by atoms with Crippen LogP contribution in [0, 0.1) is 0 Å². The van der Waals surface area contributed by atoms with Crippen LogP contribution in [0.15, 0.2) is 60.7 Å². The summed E-state index contributed by atoms with van der Waals surface area (Å²) in [7, 11) is 1.53. The Morgan fingerprint density at radius 2 is 1.60 bits per heavy atom. The molecular weight excluding hydrogens is 544 g/mol. The number of nitrogens with one attached hydrogen (secondary N) is 1. The van der Waals surface area contributed by atoms with Gasteiger partial charge in [0, 0.05) is 26.6 Å². The number of hydrogen-bond acceptors (Lipinski definition) is 8. The van der Waals surface area contributed by atoms with Crippen LogP contribution in [0.3, 0.4) is 0 Å². The monoisotopic (exact) mass is 584 g/mol. The van der Waals surface area contributed by atoms with Gasteiger partial charge in [0.15, 0.2) is 12.1 Å². The molecule has 11 nitrogen and oxygen atoms in total. The number of rotatable bonds is 13. The first-order valence-electron chi connectivity index (χ1n) is 14.1. The summed E-state index contributed by atoms with van der Waals surface area (Å²) in [5, 5.41) is 12.2. The van der Waals surface area contributed by atoms with Crippen molar-refractivity contribution in [2.24, 2.45) is 0 Å². The second kappa shape index (κ2) is 14.1. The molecule has 0 spiro atoms. The van der Waals surface area contributed by atoms with Gasteiger partial charge in [-0.3, -0.25) is 4.79 Å². The Morgan fingerprint density at radius 3 is 2.19 bits per heavy atom. The van der Waals surface area contributed by atoms with E-state index in [1.807, 2.05) is 74.5 Å². The molecule has 0 aliphatic carbocycles. The number of aliphatic carboxylic acids is 1. The van der Waals surface area contributed by atoms with Gasteiger partial charge in [0.2, 0.25) is 5.91 Å². The highest BCUT2D eigenvalue weighted by Gasteiger charge is 2.56. The minimum atomic E-state index is -1.16. The number of carbonyl (C=O) groups is 3. The highest BCUT2D eigenvalue weighted by molar-refractivity contribution is 5.82. The zero-order valence-corrected chi connectivity index (χ0v) is 24.4. The molecule has 0 bridgehead atoms. The third kappa shape index (κ3) is 8.28. The quantitative estimate of drug-likeness (QED) is 0.360. The maximum absolute atomic E-state index is 13.7. The number of ether oxygens (including phenoxy) is 5. The minimum absolute atomic E-state index is 0.0723. The molecule has 0 aromatic heterocycles. The van der Waals surface area contributed by atoms with E-state index in [-0.39, 0.29) is 26.0 Å². The summed E-state index contributed by atoms with van der Waals surface area (Å²) in [6.45, 7) is 5.20. The van der Waals surface area contributed by atoms with Crippen LogP contribution < -0.4 is 5.32 Å². The highest BCUT2D eigenvalue weighted by Crippen LogP contribution is 2.41. The molecule has 2 saturated heterocycles. The first-order chi connectivity index (χ1) is 20.1. The van der Waals surface area contributed by atoms with Gasteiger partial charge in [-0.05, 0) is 44.2 Å². The fraction of sp³-hybridized carbons (Fsp3) is 0.516. The van der Waals surface area contributed by atoms with E-state index in [1.54, 1.807) is 4.90 Å². The van der Waals surface area contributed by atoms with Gasteiger partial charge in [0.25, 0.3) is 0 Å². The molecule has 2 N–H and O–H groups in total. The summed E-state index contributed by atoms with van der Waals surface area (Å²) in [4.78, 5) is 39.0. The number of amides is 2. The maximum atomic E-state index is 13.7. The molecule has 0 radical (unpaired) electrons.